The lowest BCUT2D eigenvalue weighted by Crippen LogP contribution is -2.40. The van der Waals surface area contributed by atoms with Crippen molar-refractivity contribution in [2.24, 2.45) is 0 Å². The predicted molar refractivity (Wildman–Crippen MR) is 78.2 cm³/mol. The van der Waals surface area contributed by atoms with E-state index in [1.54, 1.807) is 38.4 Å². The van der Waals surface area contributed by atoms with E-state index in [1.807, 2.05) is 0 Å². The van der Waals surface area contributed by atoms with E-state index in [4.69, 9.17) is 9.47 Å². The van der Waals surface area contributed by atoms with E-state index in [9.17, 15) is 9.59 Å². The van der Waals surface area contributed by atoms with Crippen molar-refractivity contribution in [2.75, 3.05) is 32.6 Å². The number of methoxy groups -OCH3 is 1. The Bertz CT molecular complexity index is 495. The fourth-order valence-electron chi connectivity index (χ4n) is 2.21. The lowest BCUT2D eigenvalue weighted by atomic mass is 10.2. The highest BCUT2D eigenvalue weighted by atomic mass is 16.5. The standard InChI is InChI=1S/C15H20N2O4/c1-17(10-13-4-3-9-21-13)15(19)14(18)16-11-5-7-12(20-2)8-6-11/h5-8,13H,3-4,9-10H2,1-2H3,(H,16,18). The van der Waals surface area contributed by atoms with Crippen LogP contribution >= 0.6 is 0 Å². The normalized spacial score (nSPS) is 17.3. The Morgan fingerprint density at radius 1 is 1.38 bits per heavy atom. The van der Waals surface area contributed by atoms with Gasteiger partial charge in [0.05, 0.1) is 13.2 Å². The summed E-state index contributed by atoms with van der Waals surface area (Å²) in [4.78, 5) is 25.3. The molecular weight excluding hydrogens is 272 g/mol. The number of benzene rings is 1. The van der Waals surface area contributed by atoms with Crippen LogP contribution in [0.5, 0.6) is 5.75 Å². The molecule has 1 saturated heterocycles. The number of carbonyl (C=O) groups excluding carboxylic acids is 2. The van der Waals surface area contributed by atoms with Gasteiger partial charge in [0, 0.05) is 25.9 Å². The minimum absolute atomic E-state index is 0.0349. The van der Waals surface area contributed by atoms with Crippen LogP contribution in [0, 0.1) is 0 Å². The Labute approximate surface area is 124 Å². The van der Waals surface area contributed by atoms with Crippen molar-refractivity contribution in [2.45, 2.75) is 18.9 Å². The number of rotatable bonds is 4. The summed E-state index contributed by atoms with van der Waals surface area (Å²) in [7, 11) is 3.18. The van der Waals surface area contributed by atoms with Gasteiger partial charge in [0.15, 0.2) is 0 Å². The van der Waals surface area contributed by atoms with Crippen LogP contribution in [0.4, 0.5) is 5.69 Å². The summed E-state index contributed by atoms with van der Waals surface area (Å²) in [5.41, 5.74) is 0.555. The SMILES string of the molecule is COc1ccc(NC(=O)C(=O)N(C)CC2CCCO2)cc1. The van der Waals surface area contributed by atoms with Crippen LogP contribution in [0.15, 0.2) is 24.3 Å². The summed E-state index contributed by atoms with van der Waals surface area (Å²) in [6, 6.07) is 6.81. The van der Waals surface area contributed by atoms with Crippen LogP contribution in [0.2, 0.25) is 0 Å². The first kappa shape index (κ1) is 15.3. The van der Waals surface area contributed by atoms with Gasteiger partial charge in [-0.15, -0.1) is 0 Å². The molecule has 2 amide bonds. The highest BCUT2D eigenvalue weighted by molar-refractivity contribution is 6.39. The zero-order valence-corrected chi connectivity index (χ0v) is 12.3. The second kappa shape index (κ2) is 7.08. The van der Waals surface area contributed by atoms with Crippen molar-refractivity contribution < 1.29 is 19.1 Å². The number of ether oxygens (including phenoxy) is 2. The largest absolute Gasteiger partial charge is 0.497 e. The molecule has 1 aromatic carbocycles. The number of carbonyl (C=O) groups is 2. The maximum Gasteiger partial charge on any atom is 0.313 e. The van der Waals surface area contributed by atoms with Crippen LogP contribution in [-0.4, -0.2) is 50.1 Å². The Morgan fingerprint density at radius 3 is 2.67 bits per heavy atom. The van der Waals surface area contributed by atoms with Gasteiger partial charge in [-0.2, -0.15) is 0 Å². The average molecular weight is 292 g/mol. The van der Waals surface area contributed by atoms with Crippen molar-refractivity contribution in [3.63, 3.8) is 0 Å². The lowest BCUT2D eigenvalue weighted by Gasteiger charge is -2.20. The van der Waals surface area contributed by atoms with E-state index in [0.717, 1.165) is 19.4 Å². The molecule has 1 aromatic rings. The summed E-state index contributed by atoms with van der Waals surface area (Å²) in [5, 5.41) is 2.57. The number of nitrogens with one attached hydrogen (secondary N) is 1. The van der Waals surface area contributed by atoms with Gasteiger partial charge in [-0.25, -0.2) is 0 Å². The van der Waals surface area contributed by atoms with Crippen LogP contribution in [-0.2, 0) is 14.3 Å². The van der Waals surface area contributed by atoms with Gasteiger partial charge < -0.3 is 19.7 Å². The second-order valence-corrected chi connectivity index (χ2v) is 5.00. The van der Waals surface area contributed by atoms with Crippen molar-refractivity contribution in [3.05, 3.63) is 24.3 Å². The molecular formula is C15H20N2O4. The molecule has 1 unspecified atom stereocenters. The molecule has 0 saturated carbocycles. The molecule has 0 radical (unpaired) electrons. The quantitative estimate of drug-likeness (QED) is 0.849. The summed E-state index contributed by atoms with van der Waals surface area (Å²) in [6.45, 7) is 1.17. The first-order chi connectivity index (χ1) is 10.1. The number of amides is 2. The molecule has 1 aliphatic rings. The topological polar surface area (TPSA) is 67.9 Å². The van der Waals surface area contributed by atoms with E-state index in [2.05, 4.69) is 5.32 Å². The molecule has 1 atom stereocenters. The molecule has 1 heterocycles. The smallest absolute Gasteiger partial charge is 0.313 e. The minimum atomic E-state index is -0.652. The van der Waals surface area contributed by atoms with Crippen molar-refractivity contribution >= 4 is 17.5 Å². The Morgan fingerprint density at radius 2 is 2.10 bits per heavy atom. The maximum absolute atomic E-state index is 12.0. The second-order valence-electron chi connectivity index (χ2n) is 5.00. The van der Waals surface area contributed by atoms with E-state index < -0.39 is 11.8 Å². The number of likely N-dealkylation sites (N-methyl/N-ethyl adjacent to an activating group) is 1. The third kappa shape index (κ3) is 4.19. The molecule has 1 N–H and O–H groups in total. The molecule has 6 nitrogen and oxygen atoms in total. The molecule has 0 aromatic heterocycles. The van der Waals surface area contributed by atoms with Gasteiger partial charge in [0.25, 0.3) is 0 Å². The Balaban J connectivity index is 1.87. The van der Waals surface area contributed by atoms with Crippen molar-refractivity contribution in [1.82, 2.24) is 4.90 Å². The maximum atomic E-state index is 12.0. The molecule has 114 valence electrons. The fraction of sp³-hybridized carbons (Fsp3) is 0.467. The van der Waals surface area contributed by atoms with E-state index in [-0.39, 0.29) is 6.10 Å². The fourth-order valence-corrected chi connectivity index (χ4v) is 2.21. The third-order valence-corrected chi connectivity index (χ3v) is 3.39. The van der Waals surface area contributed by atoms with Crippen LogP contribution in [0.25, 0.3) is 0 Å². The van der Waals surface area contributed by atoms with Gasteiger partial charge >= 0.3 is 11.8 Å². The zero-order chi connectivity index (χ0) is 15.2. The number of hydrogen-bond acceptors (Lipinski definition) is 4. The summed E-state index contributed by atoms with van der Waals surface area (Å²) < 4.78 is 10.5. The zero-order valence-electron chi connectivity index (χ0n) is 12.3. The van der Waals surface area contributed by atoms with Crippen LogP contribution in [0.3, 0.4) is 0 Å². The third-order valence-electron chi connectivity index (χ3n) is 3.39. The van der Waals surface area contributed by atoms with Crippen LogP contribution < -0.4 is 10.1 Å². The number of nitrogens with zero attached hydrogens (tertiary/aromatic N) is 1. The van der Waals surface area contributed by atoms with Crippen LogP contribution in [0.1, 0.15) is 12.8 Å². The van der Waals surface area contributed by atoms with Crippen molar-refractivity contribution in [1.29, 1.82) is 0 Å². The molecule has 0 spiro atoms. The van der Waals surface area contributed by atoms with Gasteiger partial charge in [0.2, 0.25) is 0 Å². The predicted octanol–water partition coefficient (Wildman–Crippen LogP) is 1.27. The van der Waals surface area contributed by atoms with Gasteiger partial charge in [-0.05, 0) is 37.1 Å². The number of anilines is 1. The molecule has 6 heteroatoms. The summed E-state index contributed by atoms with van der Waals surface area (Å²) in [6.07, 6.45) is 1.97. The van der Waals surface area contributed by atoms with Gasteiger partial charge in [-0.3, -0.25) is 9.59 Å². The summed E-state index contributed by atoms with van der Waals surface area (Å²) in [5.74, 6) is -0.531. The molecule has 21 heavy (non-hydrogen) atoms. The molecule has 1 aliphatic heterocycles. The highest BCUT2D eigenvalue weighted by Crippen LogP contribution is 2.15. The average Bonchev–Trinajstić information content (AvgIpc) is 3.00. The van der Waals surface area contributed by atoms with Gasteiger partial charge in [0.1, 0.15) is 5.75 Å². The molecule has 2 rings (SSSR count). The highest BCUT2D eigenvalue weighted by Gasteiger charge is 2.24. The molecule has 0 aliphatic carbocycles. The summed E-state index contributed by atoms with van der Waals surface area (Å²) >= 11 is 0. The minimum Gasteiger partial charge on any atom is -0.497 e. The lowest BCUT2D eigenvalue weighted by molar-refractivity contribution is -0.143. The Kier molecular flexibility index (Phi) is 5.16. The van der Waals surface area contributed by atoms with Gasteiger partial charge in [-0.1, -0.05) is 0 Å². The first-order valence-corrected chi connectivity index (χ1v) is 6.92. The van der Waals surface area contributed by atoms with E-state index in [1.165, 1.54) is 4.90 Å². The molecule has 0 bridgehead atoms. The van der Waals surface area contributed by atoms with E-state index in [0.29, 0.717) is 18.0 Å². The Hall–Kier alpha value is -2.08. The molecule has 1 fully saturated rings. The monoisotopic (exact) mass is 292 g/mol. The van der Waals surface area contributed by atoms with E-state index >= 15 is 0 Å². The first-order valence-electron chi connectivity index (χ1n) is 6.92. The van der Waals surface area contributed by atoms with Crippen molar-refractivity contribution in [3.8, 4) is 5.75 Å². The number of hydrogen-bond donors (Lipinski definition) is 1.